The van der Waals surface area contributed by atoms with Gasteiger partial charge in [0, 0.05) is 29.2 Å². The Kier molecular flexibility index (Phi) is 5.46. The van der Waals surface area contributed by atoms with Gasteiger partial charge in [-0.2, -0.15) is 0 Å². The Labute approximate surface area is 179 Å². The zero-order valence-corrected chi connectivity index (χ0v) is 17.1. The van der Waals surface area contributed by atoms with Crippen molar-refractivity contribution in [2.45, 2.75) is 9.79 Å². The van der Waals surface area contributed by atoms with Crippen molar-refractivity contribution < 1.29 is 13.2 Å². The molecule has 0 fully saturated rings. The van der Waals surface area contributed by atoms with Gasteiger partial charge in [-0.1, -0.05) is 18.2 Å². The molecule has 2 aromatic carbocycles. The number of carbonyl (C=O) groups is 1. The molecule has 7 nitrogen and oxygen atoms in total. The van der Waals surface area contributed by atoms with Crippen LogP contribution in [0.5, 0.6) is 0 Å². The molecular weight excluding hydrogens is 412 g/mol. The SMILES string of the molecule is NC(=O)c1ccc(Nc2cccc(-c3ccc(S(=O)(=O)c4cccnc4)cc3)n2)cc1. The van der Waals surface area contributed by atoms with Gasteiger partial charge in [0.05, 0.1) is 15.5 Å². The number of amides is 1. The molecule has 0 aliphatic carbocycles. The summed E-state index contributed by atoms with van der Waals surface area (Å²) in [6.07, 6.45) is 2.86. The van der Waals surface area contributed by atoms with Crippen LogP contribution in [-0.2, 0) is 9.84 Å². The highest BCUT2D eigenvalue weighted by atomic mass is 32.2. The number of sulfone groups is 1. The molecule has 8 heteroatoms. The van der Waals surface area contributed by atoms with Gasteiger partial charge in [0.15, 0.2) is 0 Å². The third kappa shape index (κ3) is 4.44. The van der Waals surface area contributed by atoms with Crippen LogP contribution in [0.2, 0.25) is 0 Å². The van der Waals surface area contributed by atoms with Gasteiger partial charge in [-0.25, -0.2) is 13.4 Å². The summed E-state index contributed by atoms with van der Waals surface area (Å²) >= 11 is 0. The van der Waals surface area contributed by atoms with Gasteiger partial charge < -0.3 is 11.1 Å². The first-order valence-corrected chi connectivity index (χ1v) is 10.8. The average Bonchev–Trinajstić information content (AvgIpc) is 2.80. The minimum absolute atomic E-state index is 0.148. The minimum atomic E-state index is -3.62. The van der Waals surface area contributed by atoms with Crippen molar-refractivity contribution in [1.29, 1.82) is 0 Å². The summed E-state index contributed by atoms with van der Waals surface area (Å²) in [5.41, 5.74) is 7.90. The molecule has 1 amide bonds. The number of carbonyl (C=O) groups excluding carboxylic acids is 1. The molecule has 2 aromatic heterocycles. The number of benzene rings is 2. The Bertz CT molecular complexity index is 1320. The minimum Gasteiger partial charge on any atom is -0.366 e. The lowest BCUT2D eigenvalue weighted by molar-refractivity contribution is 0.100. The molecule has 0 radical (unpaired) electrons. The van der Waals surface area contributed by atoms with Gasteiger partial charge in [0.1, 0.15) is 5.82 Å². The average molecular weight is 430 g/mol. The summed E-state index contributed by atoms with van der Waals surface area (Å²) in [5.74, 6) is 0.122. The summed E-state index contributed by atoms with van der Waals surface area (Å²) in [4.78, 5) is 20.0. The van der Waals surface area contributed by atoms with E-state index in [0.717, 1.165) is 11.3 Å². The fourth-order valence-corrected chi connectivity index (χ4v) is 4.20. The van der Waals surface area contributed by atoms with Gasteiger partial charge in [0.2, 0.25) is 15.7 Å². The molecule has 4 aromatic rings. The van der Waals surface area contributed by atoms with Crippen LogP contribution >= 0.6 is 0 Å². The second-order valence-electron chi connectivity index (χ2n) is 6.69. The van der Waals surface area contributed by atoms with Crippen molar-refractivity contribution in [2.75, 3.05) is 5.32 Å². The van der Waals surface area contributed by atoms with Crippen LogP contribution in [0.3, 0.4) is 0 Å². The van der Waals surface area contributed by atoms with Crippen molar-refractivity contribution in [3.05, 3.63) is 96.8 Å². The summed E-state index contributed by atoms with van der Waals surface area (Å²) in [5, 5.41) is 3.17. The number of nitrogens with two attached hydrogens (primary N) is 1. The first-order valence-electron chi connectivity index (χ1n) is 9.33. The molecule has 31 heavy (non-hydrogen) atoms. The molecule has 4 rings (SSSR count). The van der Waals surface area contributed by atoms with Crippen LogP contribution in [0.25, 0.3) is 11.3 Å². The number of primary amides is 1. The van der Waals surface area contributed by atoms with E-state index in [1.165, 1.54) is 18.5 Å². The lowest BCUT2D eigenvalue weighted by Gasteiger charge is -2.09. The molecule has 0 saturated carbocycles. The molecule has 3 N–H and O–H groups in total. The predicted molar refractivity (Wildman–Crippen MR) is 118 cm³/mol. The fourth-order valence-electron chi connectivity index (χ4n) is 2.98. The third-order valence-corrected chi connectivity index (χ3v) is 6.35. The monoisotopic (exact) mass is 430 g/mol. The number of rotatable bonds is 6. The summed E-state index contributed by atoms with van der Waals surface area (Å²) in [7, 11) is -3.62. The molecule has 0 saturated heterocycles. The Morgan fingerprint density at radius 1 is 0.839 bits per heavy atom. The fraction of sp³-hybridized carbons (Fsp3) is 0. The second kappa shape index (κ2) is 8.37. The second-order valence-corrected chi connectivity index (χ2v) is 8.64. The Morgan fingerprint density at radius 3 is 2.23 bits per heavy atom. The van der Waals surface area contributed by atoms with Gasteiger partial charge in [-0.3, -0.25) is 9.78 Å². The molecule has 0 atom stereocenters. The molecule has 0 bridgehead atoms. The number of nitrogens with zero attached hydrogens (tertiary/aromatic N) is 2. The smallest absolute Gasteiger partial charge is 0.248 e. The van der Waals surface area contributed by atoms with Crippen molar-refractivity contribution in [2.24, 2.45) is 5.73 Å². The number of nitrogens with one attached hydrogen (secondary N) is 1. The number of hydrogen-bond donors (Lipinski definition) is 2. The number of aromatic nitrogens is 2. The van der Waals surface area contributed by atoms with E-state index >= 15 is 0 Å². The van der Waals surface area contributed by atoms with E-state index < -0.39 is 15.7 Å². The molecule has 0 aliphatic heterocycles. The molecular formula is C23H18N4O3S. The predicted octanol–water partition coefficient (Wildman–Crippen LogP) is 3.82. The maximum absolute atomic E-state index is 12.7. The van der Waals surface area contributed by atoms with E-state index in [4.69, 9.17) is 5.73 Å². The molecule has 2 heterocycles. The van der Waals surface area contributed by atoms with Crippen LogP contribution in [-0.4, -0.2) is 24.3 Å². The van der Waals surface area contributed by atoms with Crippen molar-refractivity contribution >= 4 is 27.2 Å². The van der Waals surface area contributed by atoms with Crippen molar-refractivity contribution in [3.63, 3.8) is 0 Å². The van der Waals surface area contributed by atoms with Gasteiger partial charge in [0.25, 0.3) is 0 Å². The highest BCUT2D eigenvalue weighted by Crippen LogP contribution is 2.25. The number of hydrogen-bond acceptors (Lipinski definition) is 6. The zero-order chi connectivity index (χ0) is 21.8. The lowest BCUT2D eigenvalue weighted by atomic mass is 10.1. The van der Waals surface area contributed by atoms with Crippen LogP contribution in [0.1, 0.15) is 10.4 Å². The largest absolute Gasteiger partial charge is 0.366 e. The first kappa shape index (κ1) is 20.2. The molecule has 0 spiro atoms. The normalized spacial score (nSPS) is 11.1. The third-order valence-electron chi connectivity index (χ3n) is 4.60. The summed E-state index contributed by atoms with van der Waals surface area (Å²) < 4.78 is 25.4. The highest BCUT2D eigenvalue weighted by Gasteiger charge is 2.17. The van der Waals surface area contributed by atoms with E-state index in [9.17, 15) is 13.2 Å². The van der Waals surface area contributed by atoms with Crippen molar-refractivity contribution in [3.8, 4) is 11.3 Å². The van der Waals surface area contributed by atoms with Crippen molar-refractivity contribution in [1.82, 2.24) is 9.97 Å². The van der Waals surface area contributed by atoms with Crippen LogP contribution in [0.4, 0.5) is 11.5 Å². The van der Waals surface area contributed by atoms with E-state index in [1.807, 2.05) is 18.2 Å². The molecule has 154 valence electrons. The Hall–Kier alpha value is -4.04. The quantitative estimate of drug-likeness (QED) is 0.481. The van der Waals surface area contributed by atoms with Gasteiger partial charge in [-0.15, -0.1) is 0 Å². The van der Waals surface area contributed by atoms with Crippen LogP contribution < -0.4 is 11.1 Å². The van der Waals surface area contributed by atoms with E-state index in [1.54, 1.807) is 54.6 Å². The van der Waals surface area contributed by atoms with Gasteiger partial charge >= 0.3 is 0 Å². The van der Waals surface area contributed by atoms with E-state index in [0.29, 0.717) is 17.1 Å². The van der Waals surface area contributed by atoms with E-state index in [2.05, 4.69) is 15.3 Å². The Morgan fingerprint density at radius 2 is 1.58 bits per heavy atom. The lowest BCUT2D eigenvalue weighted by Crippen LogP contribution is -2.10. The maximum Gasteiger partial charge on any atom is 0.248 e. The number of anilines is 2. The first-order chi connectivity index (χ1) is 14.9. The number of pyridine rings is 2. The molecule has 0 unspecified atom stereocenters. The summed E-state index contributed by atoms with van der Waals surface area (Å²) in [6.45, 7) is 0. The van der Waals surface area contributed by atoms with Crippen LogP contribution in [0.15, 0.2) is 101 Å². The Balaban J connectivity index is 1.56. The zero-order valence-electron chi connectivity index (χ0n) is 16.3. The summed E-state index contributed by atoms with van der Waals surface area (Å²) in [6, 6.07) is 21.9. The van der Waals surface area contributed by atoms with Crippen LogP contribution in [0, 0.1) is 0 Å². The standard InChI is InChI=1S/C23H18N4O3S/c24-23(28)17-6-10-18(11-7-17)26-22-5-1-4-21(27-22)16-8-12-19(13-9-16)31(29,30)20-3-2-14-25-15-20/h1-15H,(H2,24,28)(H,26,27). The molecule has 0 aliphatic rings. The van der Waals surface area contributed by atoms with E-state index in [-0.39, 0.29) is 9.79 Å². The maximum atomic E-state index is 12.7. The topological polar surface area (TPSA) is 115 Å². The highest BCUT2D eigenvalue weighted by molar-refractivity contribution is 7.91. The van der Waals surface area contributed by atoms with Gasteiger partial charge in [-0.05, 0) is 60.7 Å².